The summed E-state index contributed by atoms with van der Waals surface area (Å²) in [5.74, 6) is -0.175. The molecule has 2 heterocycles. The SMILES string of the molecule is COC[C@H]1CCCN1C(=O)c1onc(-c2ccc(Cl)cc2)c1[C@H](C)O. The monoisotopic (exact) mass is 364 g/mol. The molecule has 1 N–H and O–H groups in total. The first-order valence-corrected chi connectivity index (χ1v) is 8.64. The lowest BCUT2D eigenvalue weighted by atomic mass is 10.0. The van der Waals surface area contributed by atoms with Crippen molar-refractivity contribution in [2.75, 3.05) is 20.3 Å². The molecule has 134 valence electrons. The number of likely N-dealkylation sites (tertiary alicyclic amines) is 1. The molecule has 3 rings (SSSR count). The first kappa shape index (κ1) is 17.9. The van der Waals surface area contributed by atoms with Gasteiger partial charge in [-0.15, -0.1) is 0 Å². The van der Waals surface area contributed by atoms with E-state index in [0.717, 1.165) is 18.4 Å². The minimum atomic E-state index is -0.889. The van der Waals surface area contributed by atoms with E-state index < -0.39 is 6.10 Å². The highest BCUT2D eigenvalue weighted by atomic mass is 35.5. The number of amides is 1. The number of methoxy groups -OCH3 is 1. The molecule has 1 aromatic carbocycles. The van der Waals surface area contributed by atoms with Crippen LogP contribution in [0, 0.1) is 0 Å². The van der Waals surface area contributed by atoms with Crippen LogP contribution in [0.25, 0.3) is 11.3 Å². The maximum absolute atomic E-state index is 13.0. The number of halogens is 1. The van der Waals surface area contributed by atoms with Crippen LogP contribution in [0.15, 0.2) is 28.8 Å². The predicted molar refractivity (Wildman–Crippen MR) is 93.5 cm³/mol. The average molecular weight is 365 g/mol. The molecule has 1 amide bonds. The van der Waals surface area contributed by atoms with Crippen LogP contribution in [-0.2, 0) is 4.74 Å². The fourth-order valence-corrected chi connectivity index (χ4v) is 3.38. The highest BCUT2D eigenvalue weighted by Gasteiger charge is 2.35. The highest BCUT2D eigenvalue weighted by molar-refractivity contribution is 6.30. The largest absolute Gasteiger partial charge is 0.388 e. The van der Waals surface area contributed by atoms with Crippen LogP contribution in [0.3, 0.4) is 0 Å². The zero-order valence-corrected chi connectivity index (χ0v) is 15.0. The van der Waals surface area contributed by atoms with Crippen molar-refractivity contribution in [2.45, 2.75) is 31.9 Å². The molecule has 25 heavy (non-hydrogen) atoms. The third-order valence-corrected chi connectivity index (χ3v) is 4.71. The Labute approximate surface area is 151 Å². The van der Waals surface area contributed by atoms with E-state index in [1.165, 1.54) is 0 Å². The van der Waals surface area contributed by atoms with Crippen LogP contribution in [0.1, 0.15) is 42.0 Å². The number of carbonyl (C=O) groups is 1. The van der Waals surface area contributed by atoms with Crippen LogP contribution in [0.4, 0.5) is 0 Å². The number of ether oxygens (including phenoxy) is 1. The van der Waals surface area contributed by atoms with E-state index in [4.69, 9.17) is 20.9 Å². The smallest absolute Gasteiger partial charge is 0.293 e. The topological polar surface area (TPSA) is 75.8 Å². The van der Waals surface area contributed by atoms with Crippen molar-refractivity contribution in [3.63, 3.8) is 0 Å². The molecule has 1 fully saturated rings. The zero-order valence-electron chi connectivity index (χ0n) is 14.2. The Bertz CT molecular complexity index is 742. The summed E-state index contributed by atoms with van der Waals surface area (Å²) in [6.07, 6.45) is 0.920. The van der Waals surface area contributed by atoms with E-state index in [-0.39, 0.29) is 17.7 Å². The number of carbonyl (C=O) groups excluding carboxylic acids is 1. The van der Waals surface area contributed by atoms with Gasteiger partial charge in [-0.3, -0.25) is 4.79 Å². The maximum Gasteiger partial charge on any atom is 0.293 e. The summed E-state index contributed by atoms with van der Waals surface area (Å²) in [5.41, 5.74) is 1.59. The lowest BCUT2D eigenvalue weighted by Crippen LogP contribution is -2.38. The molecule has 0 radical (unpaired) electrons. The van der Waals surface area contributed by atoms with Gasteiger partial charge in [-0.25, -0.2) is 0 Å². The van der Waals surface area contributed by atoms with E-state index in [1.807, 2.05) is 0 Å². The van der Waals surface area contributed by atoms with E-state index in [2.05, 4.69) is 5.16 Å². The second-order valence-corrected chi connectivity index (χ2v) is 6.64. The van der Waals surface area contributed by atoms with Gasteiger partial charge in [-0.2, -0.15) is 0 Å². The molecule has 1 aliphatic heterocycles. The first-order chi connectivity index (χ1) is 12.0. The molecule has 0 unspecified atom stereocenters. The number of aliphatic hydroxyl groups is 1. The zero-order chi connectivity index (χ0) is 18.0. The Kier molecular flexibility index (Phi) is 5.42. The van der Waals surface area contributed by atoms with Gasteiger partial charge in [0.15, 0.2) is 0 Å². The summed E-state index contributed by atoms with van der Waals surface area (Å²) in [6, 6.07) is 7.04. The van der Waals surface area contributed by atoms with E-state index in [0.29, 0.717) is 29.4 Å². The standard InChI is InChI=1S/C18H21ClN2O4/c1-11(22)15-16(12-5-7-13(19)8-6-12)20-25-17(15)18(23)21-9-3-4-14(21)10-24-2/h5-8,11,14,22H,3-4,9-10H2,1-2H3/t11-,14+/m0/s1. The van der Waals surface area contributed by atoms with Crippen LogP contribution >= 0.6 is 11.6 Å². The Hall–Kier alpha value is -1.89. The molecule has 1 aromatic heterocycles. The Morgan fingerprint density at radius 2 is 2.20 bits per heavy atom. The first-order valence-electron chi connectivity index (χ1n) is 8.26. The van der Waals surface area contributed by atoms with Crippen molar-refractivity contribution in [2.24, 2.45) is 0 Å². The Balaban J connectivity index is 1.97. The number of nitrogens with zero attached hydrogens (tertiary/aromatic N) is 2. The van der Waals surface area contributed by atoms with Gasteiger partial charge in [-0.05, 0) is 31.9 Å². The molecule has 0 bridgehead atoms. The summed E-state index contributed by atoms with van der Waals surface area (Å²) < 4.78 is 10.6. The lowest BCUT2D eigenvalue weighted by molar-refractivity contribution is 0.0585. The van der Waals surface area contributed by atoms with Crippen molar-refractivity contribution < 1.29 is 19.2 Å². The molecule has 7 heteroatoms. The second kappa shape index (κ2) is 7.56. The number of benzene rings is 1. The van der Waals surface area contributed by atoms with Gasteiger partial charge >= 0.3 is 0 Å². The number of hydrogen-bond acceptors (Lipinski definition) is 5. The van der Waals surface area contributed by atoms with Gasteiger partial charge < -0.3 is 19.3 Å². The molecule has 0 spiro atoms. The number of aliphatic hydroxyl groups excluding tert-OH is 1. The quantitative estimate of drug-likeness (QED) is 0.880. The fraction of sp³-hybridized carbons (Fsp3) is 0.444. The van der Waals surface area contributed by atoms with Crippen molar-refractivity contribution in [1.82, 2.24) is 10.1 Å². The van der Waals surface area contributed by atoms with Gasteiger partial charge in [-0.1, -0.05) is 28.9 Å². The van der Waals surface area contributed by atoms with E-state index in [9.17, 15) is 9.90 Å². The number of aromatic nitrogens is 1. The lowest BCUT2D eigenvalue weighted by Gasteiger charge is -2.23. The average Bonchev–Trinajstić information content (AvgIpc) is 3.22. The Morgan fingerprint density at radius 1 is 1.48 bits per heavy atom. The van der Waals surface area contributed by atoms with Gasteiger partial charge in [0.2, 0.25) is 5.76 Å². The molecule has 0 saturated carbocycles. The molecular formula is C18H21ClN2O4. The summed E-state index contributed by atoms with van der Waals surface area (Å²) in [6.45, 7) is 2.72. The minimum Gasteiger partial charge on any atom is -0.388 e. The second-order valence-electron chi connectivity index (χ2n) is 6.21. The Morgan fingerprint density at radius 3 is 2.84 bits per heavy atom. The molecular weight excluding hydrogens is 344 g/mol. The van der Waals surface area contributed by atoms with Crippen LogP contribution in [0.5, 0.6) is 0 Å². The van der Waals surface area contributed by atoms with Gasteiger partial charge in [0, 0.05) is 24.2 Å². The van der Waals surface area contributed by atoms with Crippen molar-refractivity contribution in [3.8, 4) is 11.3 Å². The van der Waals surface area contributed by atoms with Gasteiger partial charge in [0.25, 0.3) is 5.91 Å². The molecule has 0 aliphatic carbocycles. The molecule has 1 saturated heterocycles. The minimum absolute atomic E-state index is 0.0171. The molecule has 2 aromatic rings. The third-order valence-electron chi connectivity index (χ3n) is 4.45. The van der Waals surface area contributed by atoms with Crippen molar-refractivity contribution >= 4 is 17.5 Å². The van der Waals surface area contributed by atoms with Crippen LogP contribution < -0.4 is 0 Å². The maximum atomic E-state index is 13.0. The predicted octanol–water partition coefficient (Wildman–Crippen LogP) is 3.30. The van der Waals surface area contributed by atoms with Crippen molar-refractivity contribution in [1.29, 1.82) is 0 Å². The third kappa shape index (κ3) is 3.56. The molecule has 6 nitrogen and oxygen atoms in total. The number of rotatable bonds is 5. The summed E-state index contributed by atoms with van der Waals surface area (Å²) in [5, 5.41) is 14.9. The fourth-order valence-electron chi connectivity index (χ4n) is 3.25. The number of hydrogen-bond donors (Lipinski definition) is 1. The van der Waals surface area contributed by atoms with E-state index in [1.54, 1.807) is 43.2 Å². The van der Waals surface area contributed by atoms with E-state index >= 15 is 0 Å². The van der Waals surface area contributed by atoms with Gasteiger partial charge in [0.05, 0.1) is 24.3 Å². The van der Waals surface area contributed by atoms with Crippen LogP contribution in [0.2, 0.25) is 5.02 Å². The summed E-state index contributed by atoms with van der Waals surface area (Å²) in [7, 11) is 1.62. The van der Waals surface area contributed by atoms with Gasteiger partial charge in [0.1, 0.15) is 5.69 Å². The van der Waals surface area contributed by atoms with Crippen molar-refractivity contribution in [3.05, 3.63) is 40.6 Å². The highest BCUT2D eigenvalue weighted by Crippen LogP contribution is 2.33. The van der Waals surface area contributed by atoms with Crippen LogP contribution in [-0.4, -0.2) is 47.4 Å². The summed E-state index contributed by atoms with van der Waals surface area (Å²) >= 11 is 5.92. The molecule has 2 atom stereocenters. The normalized spacial score (nSPS) is 18.6. The molecule has 1 aliphatic rings. The summed E-state index contributed by atoms with van der Waals surface area (Å²) in [4.78, 5) is 14.7.